The number of hydrogen-bond donors (Lipinski definition) is 3. The third-order valence-corrected chi connectivity index (χ3v) is 6.95. The van der Waals surface area contributed by atoms with Crippen LogP contribution >= 0.6 is 0 Å². The van der Waals surface area contributed by atoms with E-state index in [1.165, 1.54) is 0 Å². The van der Waals surface area contributed by atoms with Crippen LogP contribution in [0.2, 0.25) is 0 Å². The summed E-state index contributed by atoms with van der Waals surface area (Å²) in [6.07, 6.45) is 2.86. The van der Waals surface area contributed by atoms with Crippen molar-refractivity contribution in [3.05, 3.63) is 77.6 Å². The van der Waals surface area contributed by atoms with Crippen LogP contribution in [0.1, 0.15) is 55.4 Å². The Bertz CT molecular complexity index is 1620. The highest BCUT2D eigenvalue weighted by atomic mass is 16.3. The van der Waals surface area contributed by atoms with Crippen molar-refractivity contribution in [3.63, 3.8) is 0 Å². The van der Waals surface area contributed by atoms with E-state index in [1.807, 2.05) is 36.4 Å². The summed E-state index contributed by atoms with van der Waals surface area (Å²) in [5, 5.41) is 27.0. The average molecular weight is 524 g/mol. The highest BCUT2D eigenvalue weighted by Crippen LogP contribution is 2.35. The molecule has 3 aromatic carbocycles. The summed E-state index contributed by atoms with van der Waals surface area (Å²) in [5.74, 6) is 1.33. The number of imidazole rings is 1. The van der Waals surface area contributed by atoms with E-state index in [2.05, 4.69) is 68.6 Å². The molecule has 0 radical (unpaired) electrons. The lowest BCUT2D eigenvalue weighted by Gasteiger charge is -2.23. The van der Waals surface area contributed by atoms with Crippen LogP contribution in [0.5, 0.6) is 0 Å². The summed E-state index contributed by atoms with van der Waals surface area (Å²) < 4.78 is 2.21. The maximum absolute atomic E-state index is 12.9. The van der Waals surface area contributed by atoms with Gasteiger partial charge in [-0.2, -0.15) is 0 Å². The molecule has 39 heavy (non-hydrogen) atoms. The van der Waals surface area contributed by atoms with Crippen LogP contribution in [0.4, 0.5) is 0 Å². The van der Waals surface area contributed by atoms with E-state index in [-0.39, 0.29) is 12.5 Å². The molecule has 9 nitrogen and oxygen atoms in total. The Kier molecular flexibility index (Phi) is 7.26. The molecule has 0 unspecified atom stereocenters. The number of amides is 1. The van der Waals surface area contributed by atoms with Crippen LogP contribution < -0.4 is 5.32 Å². The van der Waals surface area contributed by atoms with E-state index in [1.54, 1.807) is 13.8 Å². The topological polar surface area (TPSA) is 122 Å². The van der Waals surface area contributed by atoms with Gasteiger partial charge in [-0.1, -0.05) is 49.7 Å². The van der Waals surface area contributed by atoms with Gasteiger partial charge in [0.05, 0.1) is 28.9 Å². The second kappa shape index (κ2) is 10.8. The minimum absolute atomic E-state index is 0.150. The molecule has 2 heterocycles. The first-order chi connectivity index (χ1) is 18.8. The molecule has 0 aliphatic carbocycles. The average Bonchev–Trinajstić information content (AvgIpc) is 3.60. The lowest BCUT2D eigenvalue weighted by molar-refractivity contribution is 0.0869. The number of aromatic nitrogens is 6. The number of carbonyl (C=O) groups excluding carboxylic acids is 1. The number of aromatic amines is 1. The number of unbranched alkanes of at least 4 members (excludes halogenated alkanes) is 1. The van der Waals surface area contributed by atoms with Crippen molar-refractivity contribution in [3.8, 4) is 28.2 Å². The zero-order chi connectivity index (χ0) is 27.6. The Morgan fingerprint density at radius 1 is 1.05 bits per heavy atom. The van der Waals surface area contributed by atoms with Crippen molar-refractivity contribution >= 4 is 16.9 Å². The predicted molar refractivity (Wildman–Crippen MR) is 152 cm³/mol. The fourth-order valence-corrected chi connectivity index (χ4v) is 4.82. The zero-order valence-electron chi connectivity index (χ0n) is 22.7. The smallest absolute Gasteiger partial charge is 0.251 e. The number of rotatable bonds is 9. The highest BCUT2D eigenvalue weighted by Gasteiger charge is 2.22. The van der Waals surface area contributed by atoms with Crippen molar-refractivity contribution in [1.29, 1.82) is 0 Å². The molecule has 3 N–H and O–H groups in total. The van der Waals surface area contributed by atoms with Crippen LogP contribution in [0.3, 0.4) is 0 Å². The van der Waals surface area contributed by atoms with Crippen molar-refractivity contribution < 1.29 is 9.90 Å². The molecule has 0 bridgehead atoms. The molecule has 0 saturated carbocycles. The molecule has 9 heteroatoms. The van der Waals surface area contributed by atoms with Crippen molar-refractivity contribution in [2.75, 3.05) is 6.61 Å². The molecule has 0 fully saturated rings. The number of tetrazole rings is 1. The van der Waals surface area contributed by atoms with Gasteiger partial charge in [0.1, 0.15) is 5.82 Å². The Hall–Kier alpha value is -4.37. The fraction of sp³-hybridized carbons (Fsp3) is 0.300. The third kappa shape index (κ3) is 5.18. The first-order valence-corrected chi connectivity index (χ1v) is 13.2. The Balaban J connectivity index is 1.64. The molecule has 0 saturated heterocycles. The second-order valence-electron chi connectivity index (χ2n) is 10.4. The minimum atomic E-state index is -0.715. The molecular weight excluding hydrogens is 490 g/mol. The van der Waals surface area contributed by atoms with Gasteiger partial charge in [-0.05, 0) is 78.6 Å². The zero-order valence-corrected chi connectivity index (χ0v) is 22.7. The molecule has 0 atom stereocenters. The predicted octanol–water partition coefficient (Wildman–Crippen LogP) is 5.02. The molecule has 0 aliphatic rings. The van der Waals surface area contributed by atoms with Gasteiger partial charge in [0.25, 0.3) is 5.91 Å². The van der Waals surface area contributed by atoms with E-state index >= 15 is 0 Å². The Morgan fingerprint density at radius 2 is 1.82 bits per heavy atom. The van der Waals surface area contributed by atoms with Gasteiger partial charge in [0.2, 0.25) is 0 Å². The lowest BCUT2D eigenvalue weighted by Crippen LogP contribution is -2.46. The first kappa shape index (κ1) is 26.2. The van der Waals surface area contributed by atoms with Gasteiger partial charge in [0.15, 0.2) is 5.82 Å². The van der Waals surface area contributed by atoms with Gasteiger partial charge >= 0.3 is 0 Å². The van der Waals surface area contributed by atoms with Crippen LogP contribution in [-0.4, -0.2) is 53.3 Å². The van der Waals surface area contributed by atoms with E-state index in [9.17, 15) is 9.90 Å². The summed E-state index contributed by atoms with van der Waals surface area (Å²) in [5.41, 5.74) is 6.65. The maximum Gasteiger partial charge on any atom is 0.251 e. The number of hydrogen-bond acceptors (Lipinski definition) is 6. The fourth-order valence-electron chi connectivity index (χ4n) is 4.82. The minimum Gasteiger partial charge on any atom is -0.394 e. The molecule has 5 rings (SSSR count). The number of H-pyrrole nitrogens is 1. The van der Waals surface area contributed by atoms with Gasteiger partial charge in [-0.3, -0.25) is 9.36 Å². The molecule has 2 aromatic heterocycles. The number of nitrogens with one attached hydrogen (secondary N) is 2. The molecular formula is C30H33N7O2. The van der Waals surface area contributed by atoms with Gasteiger partial charge < -0.3 is 10.4 Å². The van der Waals surface area contributed by atoms with Gasteiger partial charge in [-0.15, -0.1) is 5.10 Å². The SMILES string of the molecule is CCCCc1nc2cc(C(=O)NC(C)(C)CO)ccc2n1-c1cccc(-c2ccccc2-c2nnn[nH]2)c1C. The summed E-state index contributed by atoms with van der Waals surface area (Å²) in [4.78, 5) is 17.9. The van der Waals surface area contributed by atoms with Crippen LogP contribution in [-0.2, 0) is 6.42 Å². The second-order valence-corrected chi connectivity index (χ2v) is 10.4. The van der Waals surface area contributed by atoms with Crippen LogP contribution in [0.25, 0.3) is 39.2 Å². The Labute approximate surface area is 227 Å². The summed E-state index contributed by atoms with van der Waals surface area (Å²) in [6.45, 7) is 7.71. The first-order valence-electron chi connectivity index (χ1n) is 13.2. The quantitative estimate of drug-likeness (QED) is 0.249. The normalized spacial score (nSPS) is 11.7. The molecule has 0 spiro atoms. The lowest BCUT2D eigenvalue weighted by atomic mass is 9.94. The molecule has 0 aliphatic heterocycles. The molecule has 1 amide bonds. The van der Waals surface area contributed by atoms with E-state index in [4.69, 9.17) is 4.98 Å². The molecule has 5 aromatic rings. The van der Waals surface area contributed by atoms with Gasteiger partial charge in [0, 0.05) is 17.5 Å². The number of carbonyl (C=O) groups is 1. The maximum atomic E-state index is 12.9. The third-order valence-electron chi connectivity index (χ3n) is 6.95. The van der Waals surface area contributed by atoms with Crippen molar-refractivity contribution in [1.82, 2.24) is 35.5 Å². The summed E-state index contributed by atoms with van der Waals surface area (Å²) >= 11 is 0. The molecule has 200 valence electrons. The summed E-state index contributed by atoms with van der Waals surface area (Å²) in [6, 6.07) is 19.9. The number of nitrogens with zero attached hydrogens (tertiary/aromatic N) is 5. The number of aliphatic hydroxyl groups excluding tert-OH is 1. The van der Waals surface area contributed by atoms with E-state index < -0.39 is 5.54 Å². The monoisotopic (exact) mass is 523 g/mol. The van der Waals surface area contributed by atoms with E-state index in [0.29, 0.717) is 11.4 Å². The number of benzene rings is 3. The Morgan fingerprint density at radius 3 is 2.54 bits per heavy atom. The van der Waals surface area contributed by atoms with Gasteiger partial charge in [-0.25, -0.2) is 10.1 Å². The number of aliphatic hydroxyl groups is 1. The van der Waals surface area contributed by atoms with E-state index in [0.717, 1.165) is 64.1 Å². The number of fused-ring (bicyclic) bond motifs is 1. The highest BCUT2D eigenvalue weighted by molar-refractivity contribution is 5.98. The van der Waals surface area contributed by atoms with Crippen molar-refractivity contribution in [2.45, 2.75) is 52.5 Å². The van der Waals surface area contributed by atoms with Crippen LogP contribution in [0, 0.1) is 6.92 Å². The largest absolute Gasteiger partial charge is 0.394 e. The summed E-state index contributed by atoms with van der Waals surface area (Å²) in [7, 11) is 0. The number of aryl methyl sites for hydroxylation is 1. The standard InChI is InChI=1S/C30H33N7O2/c1-5-6-14-27-31-24-17-20(29(39)32-30(3,4)18-38)15-16-26(24)37(27)25-13-9-12-21(19(25)2)22-10-7-8-11-23(22)28-33-35-36-34-28/h7-13,15-17,38H,5-6,14,18H2,1-4H3,(H,32,39)(H,33,34,35,36). The van der Waals surface area contributed by atoms with Crippen LogP contribution in [0.15, 0.2) is 60.7 Å². The van der Waals surface area contributed by atoms with Crippen molar-refractivity contribution in [2.24, 2.45) is 0 Å².